The van der Waals surface area contributed by atoms with E-state index in [1.807, 2.05) is 24.5 Å². The van der Waals surface area contributed by atoms with Crippen molar-refractivity contribution >= 4 is 6.21 Å². The van der Waals surface area contributed by atoms with E-state index in [1.165, 1.54) is 19.3 Å². The minimum absolute atomic E-state index is 0.143. The van der Waals surface area contributed by atoms with E-state index in [1.54, 1.807) is 0 Å². The Balaban J connectivity index is 1.59. The molecule has 0 spiro atoms. The van der Waals surface area contributed by atoms with Crippen molar-refractivity contribution in [1.29, 1.82) is 0 Å². The number of aromatic amines is 1. The van der Waals surface area contributed by atoms with Crippen molar-refractivity contribution in [1.82, 2.24) is 29.8 Å². The Hall–Kier alpha value is -3.29. The second-order valence-corrected chi connectivity index (χ2v) is 11.1. The minimum atomic E-state index is -0.390. The number of hydrogen-bond acceptors (Lipinski definition) is 5. The zero-order valence-corrected chi connectivity index (χ0v) is 23.0. The third-order valence-electron chi connectivity index (χ3n) is 8.88. The van der Waals surface area contributed by atoms with Gasteiger partial charge in [-0.15, -0.1) is 10.2 Å². The van der Waals surface area contributed by atoms with Crippen molar-refractivity contribution in [2.45, 2.75) is 96.6 Å². The zero-order valence-electron chi connectivity index (χ0n) is 23.0. The number of rotatable bonds is 10. The molecule has 3 heterocycles. The average molecular weight is 516 g/mol. The average Bonchev–Trinajstić information content (AvgIpc) is 3.61. The third-order valence-corrected chi connectivity index (χ3v) is 8.88. The lowest BCUT2D eigenvalue weighted by atomic mass is 9.74. The maximum atomic E-state index is 14.3. The molecule has 202 valence electrons. The Kier molecular flexibility index (Phi) is 8.05. The third kappa shape index (κ3) is 5.05. The van der Waals surface area contributed by atoms with Crippen LogP contribution in [-0.2, 0) is 18.4 Å². The van der Waals surface area contributed by atoms with Gasteiger partial charge in [0.05, 0.1) is 0 Å². The van der Waals surface area contributed by atoms with E-state index >= 15 is 0 Å². The number of nitrogens with one attached hydrogen (secondary N) is 1. The van der Waals surface area contributed by atoms with E-state index in [9.17, 15) is 4.79 Å². The van der Waals surface area contributed by atoms with E-state index in [0.717, 1.165) is 55.3 Å². The number of unbranched alkanes of at least 4 members (excludes halogenated alkanes) is 1. The normalized spacial score (nSPS) is 25.2. The van der Waals surface area contributed by atoms with E-state index in [4.69, 9.17) is 0 Å². The molecule has 2 aliphatic rings. The summed E-state index contributed by atoms with van der Waals surface area (Å²) in [7, 11) is 0. The molecule has 8 nitrogen and oxygen atoms in total. The van der Waals surface area contributed by atoms with Gasteiger partial charge in [-0.3, -0.25) is 14.1 Å². The first kappa shape index (κ1) is 26.3. The summed E-state index contributed by atoms with van der Waals surface area (Å²) in [5.74, 6) is 1.68. The van der Waals surface area contributed by atoms with Crippen molar-refractivity contribution < 1.29 is 0 Å². The quantitative estimate of drug-likeness (QED) is 0.365. The van der Waals surface area contributed by atoms with E-state index in [-0.39, 0.29) is 17.1 Å². The topological polar surface area (TPSA) is 93.8 Å². The summed E-state index contributed by atoms with van der Waals surface area (Å²) in [5.41, 5.74) is 2.93. The van der Waals surface area contributed by atoms with Crippen molar-refractivity contribution in [2.75, 3.05) is 0 Å². The van der Waals surface area contributed by atoms with Crippen LogP contribution < -0.4 is 5.69 Å². The maximum absolute atomic E-state index is 14.3. The molecule has 3 atom stereocenters. The molecule has 1 aliphatic heterocycles. The highest BCUT2D eigenvalue weighted by Gasteiger charge is 2.37. The maximum Gasteiger partial charge on any atom is 0.328 e. The van der Waals surface area contributed by atoms with Crippen molar-refractivity contribution in [3.63, 3.8) is 0 Å². The zero-order chi connectivity index (χ0) is 26.5. The van der Waals surface area contributed by atoms with Gasteiger partial charge in [-0.25, -0.2) is 4.79 Å². The van der Waals surface area contributed by atoms with Gasteiger partial charge in [0.25, 0.3) is 0 Å². The molecule has 3 aromatic rings. The number of benzene rings is 1. The molecule has 0 bridgehead atoms. The Bertz CT molecular complexity index is 1310. The van der Waals surface area contributed by atoms with Crippen LogP contribution in [0.2, 0.25) is 0 Å². The summed E-state index contributed by atoms with van der Waals surface area (Å²) in [5, 5.41) is 14.6. The second kappa shape index (κ2) is 11.6. The van der Waals surface area contributed by atoms with Gasteiger partial charge in [-0.1, -0.05) is 70.7 Å². The van der Waals surface area contributed by atoms with E-state index in [2.05, 4.69) is 79.9 Å². The van der Waals surface area contributed by atoms with Gasteiger partial charge in [0.2, 0.25) is 5.82 Å². The summed E-state index contributed by atoms with van der Waals surface area (Å²) in [6, 6.07) is 8.59. The fraction of sp³-hybridized carbons (Fsp3) is 0.567. The Morgan fingerprint density at radius 3 is 2.61 bits per heavy atom. The summed E-state index contributed by atoms with van der Waals surface area (Å²) < 4.78 is 4.21. The number of hydrogen-bond donors (Lipinski definition) is 1. The van der Waals surface area contributed by atoms with Crippen molar-refractivity contribution in [3.8, 4) is 11.4 Å². The molecule has 1 saturated carbocycles. The van der Waals surface area contributed by atoms with Crippen LogP contribution in [0.4, 0.5) is 0 Å². The minimum Gasteiger partial charge on any atom is -0.295 e. The lowest BCUT2D eigenvalue weighted by molar-refractivity contribution is 0.145. The molecule has 2 aromatic heterocycles. The number of aryl methyl sites for hydroxylation is 1. The molecule has 1 fully saturated rings. The van der Waals surface area contributed by atoms with Crippen LogP contribution in [0, 0.1) is 11.8 Å². The van der Waals surface area contributed by atoms with Crippen molar-refractivity contribution in [3.05, 3.63) is 64.5 Å². The second-order valence-electron chi connectivity index (χ2n) is 11.1. The van der Waals surface area contributed by atoms with E-state index < -0.39 is 0 Å². The lowest BCUT2D eigenvalue weighted by Gasteiger charge is -2.38. The SMILES string of the molecule is CCCCc1cn(C2C(CC)CCCC2CC)c(=O)n1CC1(c2cccc(-c3nn[nH]n3)c2)C=CN=CC1. The highest BCUT2D eigenvalue weighted by atomic mass is 16.1. The number of aliphatic imine (C=N–C) groups is 1. The highest BCUT2D eigenvalue weighted by molar-refractivity contribution is 5.65. The first-order valence-electron chi connectivity index (χ1n) is 14.4. The van der Waals surface area contributed by atoms with Gasteiger partial charge in [0.1, 0.15) is 0 Å². The van der Waals surface area contributed by atoms with Gasteiger partial charge in [-0.2, -0.15) is 5.21 Å². The van der Waals surface area contributed by atoms with Gasteiger partial charge >= 0.3 is 5.69 Å². The Morgan fingerprint density at radius 2 is 1.95 bits per heavy atom. The summed E-state index contributed by atoms with van der Waals surface area (Å²) >= 11 is 0. The van der Waals surface area contributed by atoms with Crippen molar-refractivity contribution in [2.24, 2.45) is 16.8 Å². The molecule has 1 N–H and O–H groups in total. The molecule has 3 unspecified atom stereocenters. The molecule has 1 aliphatic carbocycles. The number of tetrazole rings is 1. The predicted molar refractivity (Wildman–Crippen MR) is 151 cm³/mol. The fourth-order valence-corrected chi connectivity index (χ4v) is 6.69. The number of nitrogens with zero attached hydrogens (tertiary/aromatic N) is 6. The first-order chi connectivity index (χ1) is 18.6. The van der Waals surface area contributed by atoms with Crippen LogP contribution in [0.15, 0.2) is 52.5 Å². The molecule has 0 radical (unpaired) electrons. The molecule has 8 heteroatoms. The number of H-pyrrole nitrogens is 1. The smallest absolute Gasteiger partial charge is 0.295 e. The number of allylic oxidation sites excluding steroid dienone is 1. The predicted octanol–water partition coefficient (Wildman–Crippen LogP) is 5.88. The number of aromatic nitrogens is 6. The first-order valence-corrected chi connectivity index (χ1v) is 14.4. The summed E-state index contributed by atoms with van der Waals surface area (Å²) in [6.45, 7) is 7.36. The number of imidazole rings is 1. The highest BCUT2D eigenvalue weighted by Crippen LogP contribution is 2.42. The largest absolute Gasteiger partial charge is 0.328 e. The molecular weight excluding hydrogens is 474 g/mol. The molecule has 38 heavy (non-hydrogen) atoms. The molecular formula is C30H41N7O. The summed E-state index contributed by atoms with van der Waals surface area (Å²) in [4.78, 5) is 18.7. The Labute approximate surface area is 225 Å². The van der Waals surface area contributed by atoms with E-state index in [0.29, 0.717) is 24.2 Å². The summed E-state index contributed by atoms with van der Waals surface area (Å²) in [6.07, 6.45) is 18.0. The van der Waals surface area contributed by atoms with Gasteiger partial charge in [0, 0.05) is 47.9 Å². The monoisotopic (exact) mass is 515 g/mol. The molecule has 1 aromatic carbocycles. The molecule has 0 amide bonds. The van der Waals surface area contributed by atoms with Crippen LogP contribution in [-0.4, -0.2) is 36.0 Å². The van der Waals surface area contributed by atoms with Crippen LogP contribution in [0.1, 0.15) is 89.4 Å². The van der Waals surface area contributed by atoms with Gasteiger partial charge in [-0.05, 0) is 60.8 Å². The lowest BCUT2D eigenvalue weighted by Crippen LogP contribution is -2.40. The van der Waals surface area contributed by atoms with Crippen LogP contribution in [0.5, 0.6) is 0 Å². The van der Waals surface area contributed by atoms with Crippen LogP contribution >= 0.6 is 0 Å². The fourth-order valence-electron chi connectivity index (χ4n) is 6.69. The Morgan fingerprint density at radius 1 is 1.13 bits per heavy atom. The standard InChI is InChI=1S/C30H41N7O/c1-4-7-14-26-20-36(27-22(5-2)10-8-11-23(27)6-3)29(38)37(26)21-30(15-17-31-18-16-30)25-13-9-12-24(19-25)28-32-34-35-33-28/h9,12-13,15,17-20,22-23,27H,4-8,10-11,14,16,21H2,1-3H3,(H,32,33,34,35). The van der Waals surface area contributed by atoms with Crippen LogP contribution in [0.25, 0.3) is 11.4 Å². The molecule has 0 saturated heterocycles. The van der Waals surface area contributed by atoms with Crippen LogP contribution in [0.3, 0.4) is 0 Å². The van der Waals surface area contributed by atoms with Gasteiger partial charge < -0.3 is 0 Å². The molecule has 5 rings (SSSR count). The van der Waals surface area contributed by atoms with Gasteiger partial charge in [0.15, 0.2) is 0 Å².